The van der Waals surface area contributed by atoms with Gasteiger partial charge in [0.05, 0.1) is 11.4 Å². The molecule has 3 aliphatic rings. The fraction of sp³-hybridized carbons (Fsp3) is 0.0526. The Balaban J connectivity index is 0.893. The second kappa shape index (κ2) is 13.6. The van der Waals surface area contributed by atoms with Crippen molar-refractivity contribution in [3.05, 3.63) is 217 Å². The summed E-state index contributed by atoms with van der Waals surface area (Å²) in [5.41, 5.74) is 18.4. The summed E-state index contributed by atoms with van der Waals surface area (Å²) in [6.45, 7) is 4.69. The molecule has 0 bridgehead atoms. The van der Waals surface area contributed by atoms with Gasteiger partial charge in [-0.2, -0.15) is 0 Å². The van der Waals surface area contributed by atoms with Crippen LogP contribution >= 0.6 is 0 Å². The zero-order valence-corrected chi connectivity index (χ0v) is 33.8. The second-order valence-electron chi connectivity index (χ2n) is 16.6. The monoisotopic (exact) mass is 784 g/mol. The van der Waals surface area contributed by atoms with E-state index in [9.17, 15) is 0 Å². The molecule has 2 heterocycles. The highest BCUT2D eigenvalue weighted by atomic mass is 16.5. The van der Waals surface area contributed by atoms with Crippen LogP contribution in [0, 0.1) is 0 Å². The molecule has 0 N–H and O–H groups in total. The van der Waals surface area contributed by atoms with Crippen molar-refractivity contribution in [2.24, 2.45) is 0 Å². The van der Waals surface area contributed by atoms with Gasteiger partial charge >= 0.3 is 0 Å². The number of fused-ring (bicyclic) bond motifs is 7. The lowest BCUT2D eigenvalue weighted by molar-refractivity contribution is 0.446. The molecule has 9 aromatic rings. The largest absolute Gasteiger partial charge is 0.453 e. The number of rotatable bonds is 6. The first-order valence-corrected chi connectivity index (χ1v) is 20.9. The minimum atomic E-state index is -0.105. The van der Waals surface area contributed by atoms with Gasteiger partial charge in [0.25, 0.3) is 0 Å². The van der Waals surface area contributed by atoms with Gasteiger partial charge in [-0.25, -0.2) is 0 Å². The highest BCUT2D eigenvalue weighted by Crippen LogP contribution is 2.60. The molecule has 0 spiro atoms. The molecule has 290 valence electrons. The molecule has 0 fully saturated rings. The molecule has 9 aromatic carbocycles. The predicted octanol–water partition coefficient (Wildman–Crippen LogP) is 16.1. The van der Waals surface area contributed by atoms with Crippen LogP contribution in [-0.4, -0.2) is 0 Å². The lowest BCUT2D eigenvalue weighted by Crippen LogP contribution is -2.20. The molecule has 0 unspecified atom stereocenters. The van der Waals surface area contributed by atoms with Crippen molar-refractivity contribution in [2.45, 2.75) is 19.3 Å². The third-order valence-corrected chi connectivity index (χ3v) is 12.6. The van der Waals surface area contributed by atoms with Crippen molar-refractivity contribution in [1.29, 1.82) is 0 Å². The van der Waals surface area contributed by atoms with Crippen molar-refractivity contribution < 1.29 is 9.47 Å². The quantitative estimate of drug-likeness (QED) is 0.168. The summed E-state index contributed by atoms with van der Waals surface area (Å²) in [6.07, 6.45) is 0. The van der Waals surface area contributed by atoms with Crippen LogP contribution in [0.25, 0.3) is 44.5 Å². The van der Waals surface area contributed by atoms with Crippen molar-refractivity contribution in [1.82, 2.24) is 0 Å². The molecular formula is C57H40N2O2. The fourth-order valence-electron chi connectivity index (χ4n) is 9.58. The Hall–Kier alpha value is -7.82. The minimum Gasteiger partial charge on any atom is -0.453 e. The number of hydrogen-bond acceptors (Lipinski definition) is 4. The molecule has 0 amide bonds. The maximum Gasteiger partial charge on any atom is 0.155 e. The Kier molecular flexibility index (Phi) is 7.85. The van der Waals surface area contributed by atoms with Crippen molar-refractivity contribution in [2.75, 3.05) is 9.80 Å². The van der Waals surface area contributed by atoms with Crippen LogP contribution in [0.1, 0.15) is 25.0 Å². The standard InChI is InChI=1S/C57H40N2O2/c1-57(2)48-17-7-6-16-46(48)47-32-31-45(36-49(47)57)58(43-27-22-38(23-28-43)37-12-4-3-5-13-37)44-29-24-39(25-30-44)40-14-10-15-41(34-40)42-26-33-51-55(35-42)61-54-21-11-20-53-56(54)59(51)50-18-8-9-19-52(50)60-53/h3-36H,1-2H3. The Morgan fingerprint density at radius 2 is 0.869 bits per heavy atom. The minimum absolute atomic E-state index is 0.105. The first-order valence-electron chi connectivity index (χ1n) is 20.9. The molecule has 0 atom stereocenters. The number of anilines is 6. The SMILES string of the molecule is CC1(C)c2ccccc2-c2ccc(N(c3ccc(-c4ccccc4)cc3)c3ccc(-c4cccc(-c5ccc6c(c5)Oc5cccc7c5N6c5ccccc5O7)c4)cc3)cc21. The summed E-state index contributed by atoms with van der Waals surface area (Å²) in [6, 6.07) is 73.8. The van der Waals surface area contributed by atoms with Gasteiger partial charge in [-0.1, -0.05) is 141 Å². The van der Waals surface area contributed by atoms with Crippen LogP contribution in [-0.2, 0) is 5.41 Å². The first-order chi connectivity index (χ1) is 30.0. The number of nitrogens with zero attached hydrogens (tertiary/aromatic N) is 2. The first kappa shape index (κ1) is 35.2. The lowest BCUT2D eigenvalue weighted by atomic mass is 9.82. The Labute approximate surface area is 356 Å². The van der Waals surface area contributed by atoms with E-state index in [2.05, 4.69) is 194 Å². The van der Waals surface area contributed by atoms with Gasteiger partial charge in [-0.15, -0.1) is 0 Å². The molecular weight excluding hydrogens is 745 g/mol. The normalized spacial score (nSPS) is 13.4. The molecule has 2 aliphatic heterocycles. The average Bonchev–Trinajstić information content (AvgIpc) is 3.54. The van der Waals surface area contributed by atoms with Gasteiger partial charge in [-0.05, 0) is 134 Å². The van der Waals surface area contributed by atoms with E-state index >= 15 is 0 Å². The molecule has 1 aliphatic carbocycles. The summed E-state index contributed by atoms with van der Waals surface area (Å²) in [4.78, 5) is 4.64. The van der Waals surface area contributed by atoms with E-state index in [1.165, 1.54) is 33.4 Å². The second-order valence-corrected chi connectivity index (χ2v) is 16.6. The highest BCUT2D eigenvalue weighted by molar-refractivity contribution is 5.94. The van der Waals surface area contributed by atoms with E-state index in [1.54, 1.807) is 0 Å². The van der Waals surface area contributed by atoms with E-state index in [0.29, 0.717) is 0 Å². The molecule has 4 heteroatoms. The average molecular weight is 785 g/mol. The predicted molar refractivity (Wildman–Crippen MR) is 250 cm³/mol. The third kappa shape index (κ3) is 5.67. The van der Waals surface area contributed by atoms with Crippen LogP contribution < -0.4 is 19.3 Å². The van der Waals surface area contributed by atoms with Gasteiger partial charge in [0.2, 0.25) is 0 Å². The Morgan fingerprint density at radius 1 is 0.361 bits per heavy atom. The van der Waals surface area contributed by atoms with Gasteiger partial charge in [0.1, 0.15) is 5.69 Å². The van der Waals surface area contributed by atoms with Gasteiger partial charge in [-0.3, -0.25) is 4.90 Å². The zero-order chi connectivity index (χ0) is 40.7. The van der Waals surface area contributed by atoms with Crippen molar-refractivity contribution in [3.8, 4) is 67.5 Å². The van der Waals surface area contributed by atoms with E-state index in [4.69, 9.17) is 9.47 Å². The van der Waals surface area contributed by atoms with E-state index in [1.807, 2.05) is 36.4 Å². The van der Waals surface area contributed by atoms with E-state index in [-0.39, 0.29) is 5.41 Å². The summed E-state index contributed by atoms with van der Waals surface area (Å²) >= 11 is 0. The van der Waals surface area contributed by atoms with Gasteiger partial charge in [0.15, 0.2) is 23.0 Å². The number of ether oxygens (including phenoxy) is 2. The maximum absolute atomic E-state index is 6.58. The van der Waals surface area contributed by atoms with Crippen molar-refractivity contribution >= 4 is 34.1 Å². The highest BCUT2D eigenvalue weighted by Gasteiger charge is 2.36. The number of hydrogen-bond donors (Lipinski definition) is 0. The van der Waals surface area contributed by atoms with Crippen LogP contribution in [0.2, 0.25) is 0 Å². The summed E-state index contributed by atoms with van der Waals surface area (Å²) in [7, 11) is 0. The maximum atomic E-state index is 6.58. The number of para-hydroxylation sites is 3. The van der Waals surface area contributed by atoms with Crippen molar-refractivity contribution in [3.63, 3.8) is 0 Å². The van der Waals surface area contributed by atoms with Crippen LogP contribution in [0.3, 0.4) is 0 Å². The zero-order valence-electron chi connectivity index (χ0n) is 33.8. The molecule has 0 saturated carbocycles. The topological polar surface area (TPSA) is 24.9 Å². The smallest absolute Gasteiger partial charge is 0.155 e. The molecule has 0 saturated heterocycles. The molecule has 12 rings (SSSR count). The third-order valence-electron chi connectivity index (χ3n) is 12.6. The van der Waals surface area contributed by atoms with Crippen LogP contribution in [0.5, 0.6) is 23.0 Å². The van der Waals surface area contributed by atoms with E-state index < -0.39 is 0 Å². The number of benzene rings is 9. The summed E-state index contributed by atoms with van der Waals surface area (Å²) in [5.74, 6) is 3.20. The summed E-state index contributed by atoms with van der Waals surface area (Å²) in [5, 5.41) is 0. The lowest BCUT2D eigenvalue weighted by Gasteiger charge is -2.37. The Bertz CT molecular complexity index is 3170. The molecule has 0 aromatic heterocycles. The molecule has 61 heavy (non-hydrogen) atoms. The molecule has 4 nitrogen and oxygen atoms in total. The van der Waals surface area contributed by atoms with Gasteiger partial charge < -0.3 is 14.4 Å². The fourth-order valence-corrected chi connectivity index (χ4v) is 9.58. The Morgan fingerprint density at radius 3 is 1.64 bits per heavy atom. The van der Waals surface area contributed by atoms with Crippen LogP contribution in [0.4, 0.5) is 34.1 Å². The van der Waals surface area contributed by atoms with E-state index in [0.717, 1.165) is 79.4 Å². The summed E-state index contributed by atoms with van der Waals surface area (Å²) < 4.78 is 12.9. The van der Waals surface area contributed by atoms with Crippen LogP contribution in [0.15, 0.2) is 206 Å². The van der Waals surface area contributed by atoms with Gasteiger partial charge in [0, 0.05) is 22.5 Å². The molecule has 0 radical (unpaired) electrons.